The minimum atomic E-state index is -2.15. The van der Waals surface area contributed by atoms with E-state index in [-0.39, 0.29) is 0 Å². The highest BCUT2D eigenvalue weighted by molar-refractivity contribution is 7.17. The third-order valence-corrected chi connectivity index (χ3v) is 6.33. The van der Waals surface area contributed by atoms with Crippen molar-refractivity contribution in [1.29, 1.82) is 0 Å². The number of thiophene rings is 1. The van der Waals surface area contributed by atoms with Crippen LogP contribution in [0.15, 0.2) is 90.3 Å². The van der Waals surface area contributed by atoms with Crippen molar-refractivity contribution in [1.82, 2.24) is 9.55 Å². The first kappa shape index (κ1) is 13.7. The van der Waals surface area contributed by atoms with E-state index in [2.05, 4.69) is 46.3 Å². The highest BCUT2D eigenvalue weighted by Crippen LogP contribution is 2.37. The Kier molecular flexibility index (Phi) is 2.97. The van der Waals surface area contributed by atoms with E-state index in [1.165, 1.54) is 5.39 Å². The summed E-state index contributed by atoms with van der Waals surface area (Å²) in [7, 11) is 0. The Morgan fingerprint density at radius 1 is 0.862 bits per heavy atom. The van der Waals surface area contributed by atoms with Crippen LogP contribution in [0.1, 0.15) is 9.68 Å². The van der Waals surface area contributed by atoms with Gasteiger partial charge in [-0.05, 0) is 54.0 Å². The van der Waals surface area contributed by atoms with Gasteiger partial charge in [-0.15, -0.1) is 11.3 Å². The number of imidazole rings is 1. The Hall–Kier alpha value is -3.43. The topological polar surface area (TPSA) is 17.8 Å². The molecule has 2 nitrogen and oxygen atoms in total. The van der Waals surface area contributed by atoms with E-state index in [0.29, 0.717) is 5.56 Å². The molecule has 0 saturated carbocycles. The van der Waals surface area contributed by atoms with E-state index in [1.807, 2.05) is 36.4 Å². The van der Waals surface area contributed by atoms with Crippen molar-refractivity contribution in [3.05, 3.63) is 95.9 Å². The lowest BCUT2D eigenvalue weighted by Gasteiger charge is -2.11. The zero-order valence-corrected chi connectivity index (χ0v) is 16.3. The minimum Gasteiger partial charge on any atom is -0.292 e. The molecule has 4 aromatic carbocycles. The molecule has 0 amide bonds. The summed E-state index contributed by atoms with van der Waals surface area (Å²) in [6.07, 6.45) is 0. The van der Waals surface area contributed by atoms with Gasteiger partial charge in [0.2, 0.25) is 0 Å². The van der Waals surface area contributed by atoms with Gasteiger partial charge in [0.05, 0.1) is 11.0 Å². The van der Waals surface area contributed by atoms with Crippen molar-refractivity contribution in [2.75, 3.05) is 0 Å². The fourth-order valence-electron chi connectivity index (χ4n) is 3.99. The SMILES string of the molecule is [2H]C([2H])([2H])c1ccc2scc(-c3nc4ccccc4n3-c3ccc4ccccc4c3)c2c1. The summed E-state index contributed by atoms with van der Waals surface area (Å²) < 4.78 is 26.7. The molecule has 3 heteroatoms. The molecular formula is C26H18N2S. The van der Waals surface area contributed by atoms with Crippen molar-refractivity contribution >= 4 is 43.2 Å². The molecule has 0 spiro atoms. The van der Waals surface area contributed by atoms with Gasteiger partial charge in [0.15, 0.2) is 0 Å². The van der Waals surface area contributed by atoms with Crippen LogP contribution in [0.3, 0.4) is 0 Å². The molecule has 2 aromatic heterocycles. The number of rotatable bonds is 2. The number of hydrogen-bond donors (Lipinski definition) is 0. The summed E-state index contributed by atoms with van der Waals surface area (Å²) in [5.74, 6) is 0.815. The van der Waals surface area contributed by atoms with Crippen LogP contribution in [0.5, 0.6) is 0 Å². The van der Waals surface area contributed by atoms with Gasteiger partial charge in [-0.1, -0.05) is 54.1 Å². The first-order chi connectivity index (χ1) is 15.5. The summed E-state index contributed by atoms with van der Waals surface area (Å²) in [5, 5.41) is 5.34. The second-order valence-electron chi connectivity index (χ2n) is 7.15. The normalized spacial score (nSPS) is 13.6. The van der Waals surface area contributed by atoms with Gasteiger partial charge in [0.25, 0.3) is 0 Å². The highest BCUT2D eigenvalue weighted by Gasteiger charge is 2.17. The number of para-hydroxylation sites is 2. The average Bonchev–Trinajstić information content (AvgIpc) is 3.39. The van der Waals surface area contributed by atoms with Crippen LogP contribution < -0.4 is 0 Å². The molecule has 0 atom stereocenters. The standard InChI is InChI=1S/C26H18N2S/c1-17-10-13-25-21(14-17)22(16-29-25)26-27-23-8-4-5-9-24(23)28(26)20-12-11-18-6-2-3-7-19(18)15-20/h2-16H,1H3/i1D3. The number of fused-ring (bicyclic) bond motifs is 3. The summed E-state index contributed by atoms with van der Waals surface area (Å²) in [4.78, 5) is 4.98. The van der Waals surface area contributed by atoms with Crippen LogP contribution in [0.25, 0.3) is 49.0 Å². The van der Waals surface area contributed by atoms with Gasteiger partial charge >= 0.3 is 0 Å². The predicted molar refractivity (Wildman–Crippen MR) is 124 cm³/mol. The summed E-state index contributed by atoms with van der Waals surface area (Å²) in [5.41, 5.74) is 4.24. The lowest BCUT2D eigenvalue weighted by molar-refractivity contribution is 1.11. The highest BCUT2D eigenvalue weighted by atomic mass is 32.1. The second kappa shape index (κ2) is 6.29. The number of nitrogens with zero attached hydrogens (tertiary/aromatic N) is 2. The quantitative estimate of drug-likeness (QED) is 0.300. The third-order valence-electron chi connectivity index (χ3n) is 5.37. The number of hydrogen-bond acceptors (Lipinski definition) is 2. The van der Waals surface area contributed by atoms with E-state index in [4.69, 9.17) is 9.10 Å². The Morgan fingerprint density at radius 3 is 2.66 bits per heavy atom. The number of aryl methyl sites for hydroxylation is 1. The predicted octanol–water partition coefficient (Wildman–Crippen LogP) is 7.37. The maximum Gasteiger partial charge on any atom is 0.147 e. The minimum absolute atomic E-state index is 0.345. The second-order valence-corrected chi connectivity index (χ2v) is 8.06. The van der Waals surface area contributed by atoms with Crippen LogP contribution in [-0.2, 0) is 0 Å². The van der Waals surface area contributed by atoms with Crippen LogP contribution in [0.2, 0.25) is 0 Å². The van der Waals surface area contributed by atoms with Crippen LogP contribution in [0, 0.1) is 6.85 Å². The molecule has 6 rings (SSSR count). The van der Waals surface area contributed by atoms with Gasteiger partial charge < -0.3 is 0 Å². The first-order valence-electron chi connectivity index (χ1n) is 11.0. The molecule has 0 radical (unpaired) electrons. The zero-order valence-electron chi connectivity index (χ0n) is 18.5. The molecule has 0 saturated heterocycles. The average molecular weight is 394 g/mol. The molecular weight excluding hydrogens is 372 g/mol. The van der Waals surface area contributed by atoms with Gasteiger partial charge in [0, 0.05) is 30.8 Å². The van der Waals surface area contributed by atoms with Gasteiger partial charge in [-0.3, -0.25) is 4.57 Å². The Balaban J connectivity index is 1.66. The van der Waals surface area contributed by atoms with E-state index in [1.54, 1.807) is 23.5 Å². The largest absolute Gasteiger partial charge is 0.292 e. The van der Waals surface area contributed by atoms with Crippen LogP contribution in [-0.4, -0.2) is 9.55 Å². The third kappa shape index (κ3) is 2.59. The van der Waals surface area contributed by atoms with E-state index in [9.17, 15) is 0 Å². The summed E-state index contributed by atoms with van der Waals surface area (Å²) >= 11 is 1.61. The molecule has 0 unspecified atom stereocenters. The van der Waals surface area contributed by atoms with Gasteiger partial charge in [-0.2, -0.15) is 0 Å². The Labute approximate surface area is 176 Å². The van der Waals surface area contributed by atoms with Crippen molar-refractivity contribution in [2.45, 2.75) is 6.85 Å². The molecule has 0 aliphatic rings. The van der Waals surface area contributed by atoms with Crippen molar-refractivity contribution in [3.63, 3.8) is 0 Å². The van der Waals surface area contributed by atoms with Crippen LogP contribution in [0.4, 0.5) is 0 Å². The molecule has 0 bridgehead atoms. The molecule has 0 fully saturated rings. The molecule has 0 N–H and O–H groups in total. The smallest absolute Gasteiger partial charge is 0.147 e. The lowest BCUT2D eigenvalue weighted by Crippen LogP contribution is -1.97. The van der Waals surface area contributed by atoms with Crippen molar-refractivity contribution < 1.29 is 4.11 Å². The maximum atomic E-state index is 7.83. The van der Waals surface area contributed by atoms with E-state index in [0.717, 1.165) is 43.6 Å². The monoisotopic (exact) mass is 393 g/mol. The molecule has 29 heavy (non-hydrogen) atoms. The van der Waals surface area contributed by atoms with E-state index >= 15 is 0 Å². The number of benzene rings is 4. The molecule has 6 aromatic rings. The van der Waals surface area contributed by atoms with E-state index < -0.39 is 6.85 Å². The number of aromatic nitrogens is 2. The van der Waals surface area contributed by atoms with Gasteiger partial charge in [-0.25, -0.2) is 4.98 Å². The lowest BCUT2D eigenvalue weighted by atomic mass is 10.1. The Morgan fingerprint density at radius 2 is 1.72 bits per heavy atom. The van der Waals surface area contributed by atoms with Crippen molar-refractivity contribution in [3.8, 4) is 17.1 Å². The van der Waals surface area contributed by atoms with Crippen molar-refractivity contribution in [2.24, 2.45) is 0 Å². The first-order valence-corrected chi connectivity index (χ1v) is 10.4. The van der Waals surface area contributed by atoms with Gasteiger partial charge in [0.1, 0.15) is 5.82 Å². The molecule has 2 heterocycles. The summed E-state index contributed by atoms with van der Waals surface area (Å²) in [6.45, 7) is -2.15. The summed E-state index contributed by atoms with van der Waals surface area (Å²) in [6, 6.07) is 28.2. The fourth-order valence-corrected chi connectivity index (χ4v) is 4.91. The Bertz CT molecular complexity index is 1630. The molecule has 0 aliphatic carbocycles. The molecule has 138 valence electrons. The fraction of sp³-hybridized carbons (Fsp3) is 0.0385. The van der Waals surface area contributed by atoms with Crippen LogP contribution >= 0.6 is 11.3 Å². The maximum absolute atomic E-state index is 7.83. The zero-order chi connectivity index (χ0) is 21.9. The molecule has 0 aliphatic heterocycles.